The van der Waals surface area contributed by atoms with Crippen molar-refractivity contribution in [1.82, 2.24) is 19.5 Å². The Balaban J connectivity index is 1.62. The van der Waals surface area contributed by atoms with Gasteiger partial charge in [0.25, 0.3) is 0 Å². The molecule has 5 rings (SSSR count). The lowest BCUT2D eigenvalue weighted by Crippen LogP contribution is -2.11. The molecule has 1 atom stereocenters. The van der Waals surface area contributed by atoms with Gasteiger partial charge in [0, 0.05) is 30.8 Å². The summed E-state index contributed by atoms with van der Waals surface area (Å²) in [5, 5.41) is 3.21. The van der Waals surface area contributed by atoms with Gasteiger partial charge in [-0.15, -0.1) is 0 Å². The minimum atomic E-state index is -0.234. The third kappa shape index (κ3) is 3.59. The van der Waals surface area contributed by atoms with Gasteiger partial charge < -0.3 is 9.88 Å². The van der Waals surface area contributed by atoms with Gasteiger partial charge in [0.2, 0.25) is 5.95 Å². The average molecular weight is 406 g/mol. The molecule has 1 aliphatic carbocycles. The third-order valence-electron chi connectivity index (χ3n) is 6.48. The molecule has 0 spiro atoms. The van der Waals surface area contributed by atoms with E-state index in [0.29, 0.717) is 12.0 Å². The van der Waals surface area contributed by atoms with Crippen LogP contribution in [0.3, 0.4) is 0 Å². The molecular weight excluding hydrogens is 377 g/mol. The standard InChI is InChI=1S/C24H28FN5/c1-2-26-24-27-14-13-20(28-24)23-22(17-7-9-18(25)10-8-17)29-21-12-11-19(30(21)23)15-16-5-3-4-6-16/h7-10,13-14,16,19H,2-6,11-12,15H2,1H3,(H,26,27,28)/t19-/m0/s1. The molecule has 2 aromatic heterocycles. The fourth-order valence-electron chi connectivity index (χ4n) is 5.12. The number of imidazole rings is 1. The summed E-state index contributed by atoms with van der Waals surface area (Å²) < 4.78 is 16.0. The summed E-state index contributed by atoms with van der Waals surface area (Å²) >= 11 is 0. The van der Waals surface area contributed by atoms with Gasteiger partial charge in [0.1, 0.15) is 11.6 Å². The molecule has 3 heterocycles. The Kier molecular flexibility index (Phi) is 5.23. The lowest BCUT2D eigenvalue weighted by molar-refractivity contribution is 0.382. The summed E-state index contributed by atoms with van der Waals surface area (Å²) in [6.07, 6.45) is 10.6. The highest BCUT2D eigenvalue weighted by Crippen LogP contribution is 2.43. The largest absolute Gasteiger partial charge is 0.354 e. The fraction of sp³-hybridized carbons (Fsp3) is 0.458. The van der Waals surface area contributed by atoms with Crippen molar-refractivity contribution in [3.63, 3.8) is 0 Å². The molecule has 6 heteroatoms. The molecule has 5 nitrogen and oxygen atoms in total. The lowest BCUT2D eigenvalue weighted by atomic mass is 9.96. The fourth-order valence-corrected chi connectivity index (χ4v) is 5.12. The molecule has 0 amide bonds. The predicted octanol–water partition coefficient (Wildman–Crippen LogP) is 5.65. The molecule has 156 valence electrons. The topological polar surface area (TPSA) is 55.6 Å². The van der Waals surface area contributed by atoms with Crippen LogP contribution in [0.15, 0.2) is 36.5 Å². The van der Waals surface area contributed by atoms with Gasteiger partial charge in [-0.05, 0) is 56.0 Å². The summed E-state index contributed by atoms with van der Waals surface area (Å²) in [7, 11) is 0. The van der Waals surface area contributed by atoms with E-state index >= 15 is 0 Å². The lowest BCUT2D eigenvalue weighted by Gasteiger charge is -2.20. The van der Waals surface area contributed by atoms with Crippen LogP contribution in [-0.2, 0) is 6.42 Å². The zero-order valence-corrected chi connectivity index (χ0v) is 17.4. The number of anilines is 1. The second-order valence-electron chi connectivity index (χ2n) is 8.48. The van der Waals surface area contributed by atoms with Gasteiger partial charge >= 0.3 is 0 Å². The van der Waals surface area contributed by atoms with E-state index in [9.17, 15) is 4.39 Å². The normalized spacial score (nSPS) is 18.7. The van der Waals surface area contributed by atoms with E-state index in [-0.39, 0.29) is 5.82 Å². The third-order valence-corrected chi connectivity index (χ3v) is 6.48. The van der Waals surface area contributed by atoms with Crippen molar-refractivity contribution in [3.8, 4) is 22.6 Å². The number of hydrogen-bond acceptors (Lipinski definition) is 4. The second-order valence-corrected chi connectivity index (χ2v) is 8.48. The Morgan fingerprint density at radius 3 is 2.63 bits per heavy atom. The SMILES string of the molecule is CCNc1nccc(-c2c(-c3ccc(F)cc3)nc3n2[C@H](CC2CCCC2)CC3)n1. The first-order valence-electron chi connectivity index (χ1n) is 11.2. The van der Waals surface area contributed by atoms with Crippen LogP contribution in [-0.4, -0.2) is 26.1 Å². The van der Waals surface area contributed by atoms with Crippen LogP contribution in [0, 0.1) is 11.7 Å². The van der Waals surface area contributed by atoms with Crippen LogP contribution in [0.25, 0.3) is 22.6 Å². The van der Waals surface area contributed by atoms with Crippen molar-refractivity contribution < 1.29 is 4.39 Å². The van der Waals surface area contributed by atoms with E-state index in [2.05, 4.69) is 14.9 Å². The summed E-state index contributed by atoms with van der Waals surface area (Å²) in [5.74, 6) is 2.33. The van der Waals surface area contributed by atoms with Crippen LogP contribution in [0.5, 0.6) is 0 Å². The van der Waals surface area contributed by atoms with E-state index < -0.39 is 0 Å². The monoisotopic (exact) mass is 405 g/mol. The minimum absolute atomic E-state index is 0.234. The molecule has 1 saturated carbocycles. The van der Waals surface area contributed by atoms with Crippen LogP contribution in [0.4, 0.5) is 10.3 Å². The Labute approximate surface area is 176 Å². The smallest absolute Gasteiger partial charge is 0.223 e. The van der Waals surface area contributed by atoms with Gasteiger partial charge in [-0.2, -0.15) is 0 Å². The van der Waals surface area contributed by atoms with Gasteiger partial charge in [-0.3, -0.25) is 0 Å². The summed E-state index contributed by atoms with van der Waals surface area (Å²) in [4.78, 5) is 14.2. The quantitative estimate of drug-likeness (QED) is 0.576. The van der Waals surface area contributed by atoms with Gasteiger partial charge in [0.15, 0.2) is 0 Å². The Morgan fingerprint density at radius 2 is 1.87 bits per heavy atom. The van der Waals surface area contributed by atoms with Crippen LogP contribution >= 0.6 is 0 Å². The van der Waals surface area contributed by atoms with Crippen molar-refractivity contribution in [2.45, 2.75) is 57.9 Å². The number of hydrogen-bond donors (Lipinski definition) is 1. The number of nitrogens with one attached hydrogen (secondary N) is 1. The first-order chi connectivity index (χ1) is 14.7. The molecule has 0 unspecified atom stereocenters. The molecule has 0 bridgehead atoms. The van der Waals surface area contributed by atoms with E-state index in [1.807, 2.05) is 25.1 Å². The highest BCUT2D eigenvalue weighted by molar-refractivity contribution is 5.78. The molecule has 1 aromatic carbocycles. The number of rotatable bonds is 6. The van der Waals surface area contributed by atoms with Gasteiger partial charge in [-0.25, -0.2) is 19.3 Å². The molecule has 30 heavy (non-hydrogen) atoms. The average Bonchev–Trinajstić information content (AvgIpc) is 3.48. The van der Waals surface area contributed by atoms with Crippen molar-refractivity contribution in [3.05, 3.63) is 48.2 Å². The summed E-state index contributed by atoms with van der Waals surface area (Å²) in [5.41, 5.74) is 3.73. The first-order valence-corrected chi connectivity index (χ1v) is 11.2. The molecule has 1 N–H and O–H groups in total. The number of halogens is 1. The summed E-state index contributed by atoms with van der Waals surface area (Å²) in [6, 6.07) is 9.05. The molecule has 2 aliphatic rings. The van der Waals surface area contributed by atoms with Crippen molar-refractivity contribution in [2.24, 2.45) is 5.92 Å². The molecule has 1 aliphatic heterocycles. The summed E-state index contributed by atoms with van der Waals surface area (Å²) in [6.45, 7) is 2.80. The number of nitrogens with zero attached hydrogens (tertiary/aromatic N) is 4. The predicted molar refractivity (Wildman–Crippen MR) is 117 cm³/mol. The van der Waals surface area contributed by atoms with Gasteiger partial charge in [-0.1, -0.05) is 25.7 Å². The zero-order valence-electron chi connectivity index (χ0n) is 17.4. The highest BCUT2D eigenvalue weighted by atomic mass is 19.1. The minimum Gasteiger partial charge on any atom is -0.354 e. The Bertz CT molecular complexity index is 1020. The Hall–Kier alpha value is -2.76. The highest BCUT2D eigenvalue weighted by Gasteiger charge is 2.32. The van der Waals surface area contributed by atoms with E-state index in [1.165, 1.54) is 44.2 Å². The number of fused-ring (bicyclic) bond motifs is 1. The Morgan fingerprint density at radius 1 is 1.07 bits per heavy atom. The molecule has 0 saturated heterocycles. The van der Waals surface area contributed by atoms with Crippen molar-refractivity contribution in [2.75, 3.05) is 11.9 Å². The molecular formula is C24H28FN5. The van der Waals surface area contributed by atoms with E-state index in [1.54, 1.807) is 6.20 Å². The number of benzene rings is 1. The number of aryl methyl sites for hydroxylation is 1. The molecule has 1 fully saturated rings. The number of aromatic nitrogens is 4. The van der Waals surface area contributed by atoms with Crippen LogP contribution in [0.2, 0.25) is 0 Å². The van der Waals surface area contributed by atoms with Gasteiger partial charge in [0.05, 0.1) is 17.1 Å². The maximum Gasteiger partial charge on any atom is 0.223 e. The molecule has 3 aromatic rings. The van der Waals surface area contributed by atoms with E-state index in [0.717, 1.165) is 53.8 Å². The van der Waals surface area contributed by atoms with Crippen LogP contribution in [0.1, 0.15) is 57.3 Å². The van der Waals surface area contributed by atoms with Crippen molar-refractivity contribution >= 4 is 5.95 Å². The molecule has 0 radical (unpaired) electrons. The maximum absolute atomic E-state index is 13.6. The van der Waals surface area contributed by atoms with E-state index in [4.69, 9.17) is 9.97 Å². The second kappa shape index (κ2) is 8.17. The zero-order chi connectivity index (χ0) is 20.5. The maximum atomic E-state index is 13.6. The van der Waals surface area contributed by atoms with Crippen LogP contribution < -0.4 is 5.32 Å². The van der Waals surface area contributed by atoms with Crippen molar-refractivity contribution in [1.29, 1.82) is 0 Å². The first kappa shape index (κ1) is 19.2.